The number of hydrogen-bond acceptors (Lipinski definition) is 2. The van der Waals surface area contributed by atoms with Crippen LogP contribution in [0.25, 0.3) is 0 Å². The third-order valence-electron chi connectivity index (χ3n) is 2.93. The molecule has 13 heavy (non-hydrogen) atoms. The minimum Gasteiger partial charge on any atom is -0.354 e. The first-order valence-corrected chi connectivity index (χ1v) is 4.71. The lowest BCUT2D eigenvalue weighted by Gasteiger charge is -2.26. The smallest absolute Gasteiger partial charge is 0.237 e. The fraction of sp³-hybridized carbons (Fsp3) is 0.889. The van der Waals surface area contributed by atoms with E-state index in [9.17, 15) is 4.79 Å². The standard InChI is InChI=1S/C9H16N2O.ClH/c1-9(3-4-9)6-11-8(12)7-2-5-10-7;/h7,10H,2-6H2,1H3,(H,11,12);1H/t7-;/m1./s1. The highest BCUT2D eigenvalue weighted by molar-refractivity contribution is 5.85. The molecule has 1 aliphatic carbocycles. The maximum atomic E-state index is 11.3. The summed E-state index contributed by atoms with van der Waals surface area (Å²) in [5, 5.41) is 6.08. The number of halogens is 1. The van der Waals surface area contributed by atoms with Crippen molar-refractivity contribution in [2.24, 2.45) is 5.41 Å². The third kappa shape index (κ3) is 2.58. The Morgan fingerprint density at radius 1 is 1.62 bits per heavy atom. The molecule has 0 spiro atoms. The van der Waals surface area contributed by atoms with Crippen LogP contribution in [-0.4, -0.2) is 25.0 Å². The van der Waals surface area contributed by atoms with Crippen LogP contribution in [0, 0.1) is 5.41 Å². The first-order valence-electron chi connectivity index (χ1n) is 4.71. The van der Waals surface area contributed by atoms with Crippen molar-refractivity contribution in [2.45, 2.75) is 32.2 Å². The summed E-state index contributed by atoms with van der Waals surface area (Å²) in [5.74, 6) is 0.189. The summed E-state index contributed by atoms with van der Waals surface area (Å²) in [6, 6.07) is 0.104. The van der Waals surface area contributed by atoms with Crippen LogP contribution in [0.3, 0.4) is 0 Å². The second-order valence-electron chi connectivity index (χ2n) is 4.32. The van der Waals surface area contributed by atoms with Crippen LogP contribution in [0.4, 0.5) is 0 Å². The predicted octanol–water partition coefficient (Wildman–Crippen LogP) is 0.686. The van der Waals surface area contributed by atoms with Gasteiger partial charge in [-0.05, 0) is 31.2 Å². The van der Waals surface area contributed by atoms with Crippen LogP contribution < -0.4 is 10.6 Å². The Labute approximate surface area is 85.1 Å². The van der Waals surface area contributed by atoms with Crippen molar-refractivity contribution in [3.05, 3.63) is 0 Å². The van der Waals surface area contributed by atoms with Gasteiger partial charge in [-0.2, -0.15) is 0 Å². The van der Waals surface area contributed by atoms with E-state index in [1.54, 1.807) is 0 Å². The number of carbonyl (C=O) groups excluding carboxylic acids is 1. The zero-order valence-corrected chi connectivity index (χ0v) is 8.75. The lowest BCUT2D eigenvalue weighted by molar-refractivity contribution is -0.124. The first-order chi connectivity index (χ1) is 5.70. The highest BCUT2D eigenvalue weighted by atomic mass is 35.5. The summed E-state index contributed by atoms with van der Waals surface area (Å²) < 4.78 is 0. The van der Waals surface area contributed by atoms with Gasteiger partial charge in [0.25, 0.3) is 0 Å². The first kappa shape index (κ1) is 10.8. The average molecular weight is 205 g/mol. The average Bonchev–Trinajstić information content (AvgIpc) is 2.62. The summed E-state index contributed by atoms with van der Waals surface area (Å²) in [6.07, 6.45) is 3.54. The quantitative estimate of drug-likeness (QED) is 0.710. The van der Waals surface area contributed by atoms with E-state index in [1.165, 1.54) is 12.8 Å². The van der Waals surface area contributed by atoms with Crippen LogP contribution >= 0.6 is 12.4 Å². The van der Waals surface area contributed by atoms with Gasteiger partial charge in [0.15, 0.2) is 0 Å². The number of rotatable bonds is 3. The normalized spacial score (nSPS) is 28.2. The molecule has 76 valence electrons. The van der Waals surface area contributed by atoms with Gasteiger partial charge >= 0.3 is 0 Å². The molecule has 0 unspecified atom stereocenters. The molecule has 1 aliphatic heterocycles. The Hall–Kier alpha value is -0.280. The van der Waals surface area contributed by atoms with Crippen molar-refractivity contribution in [2.75, 3.05) is 13.1 Å². The van der Waals surface area contributed by atoms with Gasteiger partial charge in [-0.15, -0.1) is 12.4 Å². The molecule has 2 fully saturated rings. The molecule has 1 saturated heterocycles. The van der Waals surface area contributed by atoms with Crippen molar-refractivity contribution in [1.29, 1.82) is 0 Å². The Morgan fingerprint density at radius 3 is 2.62 bits per heavy atom. The lowest BCUT2D eigenvalue weighted by atomic mass is 10.1. The van der Waals surface area contributed by atoms with Crippen molar-refractivity contribution in [1.82, 2.24) is 10.6 Å². The molecule has 0 aromatic carbocycles. The van der Waals surface area contributed by atoms with E-state index in [-0.39, 0.29) is 24.4 Å². The molecular formula is C9H17ClN2O. The molecule has 2 rings (SSSR count). The van der Waals surface area contributed by atoms with Gasteiger partial charge in [0, 0.05) is 6.54 Å². The summed E-state index contributed by atoms with van der Waals surface area (Å²) in [4.78, 5) is 11.3. The van der Waals surface area contributed by atoms with Crippen LogP contribution in [0.15, 0.2) is 0 Å². The van der Waals surface area contributed by atoms with E-state index in [4.69, 9.17) is 0 Å². The van der Waals surface area contributed by atoms with Gasteiger partial charge in [-0.1, -0.05) is 6.92 Å². The van der Waals surface area contributed by atoms with Gasteiger partial charge < -0.3 is 10.6 Å². The maximum Gasteiger partial charge on any atom is 0.237 e. The van der Waals surface area contributed by atoms with Crippen LogP contribution in [0.2, 0.25) is 0 Å². The van der Waals surface area contributed by atoms with E-state index in [2.05, 4.69) is 17.6 Å². The largest absolute Gasteiger partial charge is 0.354 e. The third-order valence-corrected chi connectivity index (χ3v) is 2.93. The Bertz CT molecular complexity index is 200. The van der Waals surface area contributed by atoms with Crippen LogP contribution in [0.1, 0.15) is 26.2 Å². The van der Waals surface area contributed by atoms with Crippen molar-refractivity contribution in [3.8, 4) is 0 Å². The fourth-order valence-electron chi connectivity index (χ4n) is 1.33. The number of hydrogen-bond donors (Lipinski definition) is 2. The zero-order valence-electron chi connectivity index (χ0n) is 7.93. The molecule has 1 atom stereocenters. The molecule has 0 radical (unpaired) electrons. The Morgan fingerprint density at radius 2 is 2.23 bits per heavy atom. The van der Waals surface area contributed by atoms with E-state index >= 15 is 0 Å². The fourth-order valence-corrected chi connectivity index (χ4v) is 1.33. The van der Waals surface area contributed by atoms with Gasteiger partial charge in [0.2, 0.25) is 5.91 Å². The minimum atomic E-state index is 0. The SMILES string of the molecule is CC1(CNC(=O)[C@H]2CCN2)CC1.Cl. The minimum absolute atomic E-state index is 0. The molecule has 3 nitrogen and oxygen atoms in total. The molecule has 2 N–H and O–H groups in total. The molecule has 1 amide bonds. The van der Waals surface area contributed by atoms with Gasteiger partial charge in [0.05, 0.1) is 6.04 Å². The molecule has 1 heterocycles. The van der Waals surface area contributed by atoms with Gasteiger partial charge in [0.1, 0.15) is 0 Å². The van der Waals surface area contributed by atoms with Gasteiger partial charge in [-0.3, -0.25) is 4.79 Å². The highest BCUT2D eigenvalue weighted by Crippen LogP contribution is 2.44. The van der Waals surface area contributed by atoms with E-state index in [1.807, 2.05) is 0 Å². The van der Waals surface area contributed by atoms with Crippen molar-refractivity contribution < 1.29 is 4.79 Å². The lowest BCUT2D eigenvalue weighted by Crippen LogP contribution is -2.53. The monoisotopic (exact) mass is 204 g/mol. The zero-order chi connectivity index (χ0) is 8.60. The number of nitrogens with one attached hydrogen (secondary N) is 2. The molecular weight excluding hydrogens is 188 g/mol. The second-order valence-corrected chi connectivity index (χ2v) is 4.32. The molecule has 1 saturated carbocycles. The highest BCUT2D eigenvalue weighted by Gasteiger charge is 2.38. The molecule has 4 heteroatoms. The van der Waals surface area contributed by atoms with Gasteiger partial charge in [-0.25, -0.2) is 0 Å². The molecule has 0 bridgehead atoms. The number of carbonyl (C=O) groups is 1. The summed E-state index contributed by atoms with van der Waals surface area (Å²) in [6.45, 7) is 4.08. The Kier molecular flexibility index (Phi) is 3.19. The molecule has 0 aromatic heterocycles. The number of amides is 1. The van der Waals surface area contributed by atoms with E-state index in [0.29, 0.717) is 5.41 Å². The van der Waals surface area contributed by atoms with E-state index in [0.717, 1.165) is 19.5 Å². The predicted molar refractivity (Wildman–Crippen MR) is 54.0 cm³/mol. The van der Waals surface area contributed by atoms with Crippen molar-refractivity contribution >= 4 is 18.3 Å². The Balaban J connectivity index is 0.000000845. The topological polar surface area (TPSA) is 41.1 Å². The van der Waals surface area contributed by atoms with E-state index < -0.39 is 0 Å². The molecule has 2 aliphatic rings. The molecule has 0 aromatic rings. The maximum absolute atomic E-state index is 11.3. The van der Waals surface area contributed by atoms with Crippen molar-refractivity contribution in [3.63, 3.8) is 0 Å². The summed E-state index contributed by atoms with van der Waals surface area (Å²) >= 11 is 0. The van der Waals surface area contributed by atoms with Crippen LogP contribution in [0.5, 0.6) is 0 Å². The van der Waals surface area contributed by atoms with Crippen LogP contribution in [-0.2, 0) is 4.79 Å². The second kappa shape index (κ2) is 3.84. The summed E-state index contributed by atoms with van der Waals surface area (Å²) in [7, 11) is 0. The summed E-state index contributed by atoms with van der Waals surface area (Å²) in [5.41, 5.74) is 0.430.